The van der Waals surface area contributed by atoms with Crippen LogP contribution in [-0.4, -0.2) is 24.4 Å². The minimum Gasteiger partial charge on any atom is -0.507 e. The zero-order valence-corrected chi connectivity index (χ0v) is 19.7. The Morgan fingerprint density at radius 2 is 1.34 bits per heavy atom. The quantitative estimate of drug-likeness (QED) is 0.101. The lowest BCUT2D eigenvalue weighted by Gasteiger charge is -2.15. The van der Waals surface area contributed by atoms with Gasteiger partial charge in [-0.15, -0.1) is 0 Å². The van der Waals surface area contributed by atoms with Crippen LogP contribution in [0.3, 0.4) is 0 Å². The fourth-order valence-electron chi connectivity index (χ4n) is 3.56. The van der Waals surface area contributed by atoms with Gasteiger partial charge < -0.3 is 10.2 Å². The van der Waals surface area contributed by atoms with Crippen LogP contribution in [0.1, 0.15) is 27.0 Å². The van der Waals surface area contributed by atoms with E-state index in [1.165, 1.54) is 30.3 Å². The number of benzene rings is 4. The van der Waals surface area contributed by atoms with Crippen molar-refractivity contribution in [2.45, 2.75) is 11.8 Å². The van der Waals surface area contributed by atoms with E-state index in [0.717, 1.165) is 5.56 Å². The fraction of sp³-hybridized carbons (Fsp3) is 0.0357. The van der Waals surface area contributed by atoms with Crippen molar-refractivity contribution in [2.75, 3.05) is 4.72 Å². The van der Waals surface area contributed by atoms with Crippen molar-refractivity contribution in [2.24, 2.45) is 0 Å². The number of carbonyl (C=O) groups is 1. The number of allylic oxidation sites excluding steroid dienone is 1. The van der Waals surface area contributed by atoms with Crippen LogP contribution >= 0.6 is 0 Å². The van der Waals surface area contributed by atoms with E-state index in [2.05, 4.69) is 4.72 Å². The van der Waals surface area contributed by atoms with Gasteiger partial charge in [-0.25, -0.2) is 8.42 Å². The molecule has 176 valence electrons. The first-order chi connectivity index (χ1) is 16.8. The molecule has 0 heterocycles. The Bertz CT molecular complexity index is 1490. The van der Waals surface area contributed by atoms with Crippen LogP contribution in [0.25, 0.3) is 11.3 Å². The van der Waals surface area contributed by atoms with E-state index >= 15 is 0 Å². The number of hydrogen-bond acceptors (Lipinski definition) is 5. The van der Waals surface area contributed by atoms with Crippen LogP contribution in [0.15, 0.2) is 108 Å². The molecule has 0 aliphatic rings. The first-order valence-electron chi connectivity index (χ1n) is 10.8. The lowest BCUT2D eigenvalue weighted by molar-refractivity contribution is 0.105. The number of sulfonamides is 1. The van der Waals surface area contributed by atoms with Crippen molar-refractivity contribution in [3.8, 4) is 5.75 Å². The Hall–Kier alpha value is -4.36. The maximum absolute atomic E-state index is 13.5. The van der Waals surface area contributed by atoms with Gasteiger partial charge in [0.15, 0.2) is 5.78 Å². The van der Waals surface area contributed by atoms with Gasteiger partial charge in [0.1, 0.15) is 11.5 Å². The average Bonchev–Trinajstić information content (AvgIpc) is 2.87. The van der Waals surface area contributed by atoms with Crippen molar-refractivity contribution in [1.29, 1.82) is 0 Å². The Labute approximate surface area is 203 Å². The number of nitrogens with one attached hydrogen (secondary N) is 1. The molecule has 4 aromatic rings. The number of phenols is 1. The summed E-state index contributed by atoms with van der Waals surface area (Å²) in [7, 11) is -3.93. The van der Waals surface area contributed by atoms with Gasteiger partial charge in [0.25, 0.3) is 10.0 Å². The van der Waals surface area contributed by atoms with Gasteiger partial charge >= 0.3 is 0 Å². The highest BCUT2D eigenvalue weighted by molar-refractivity contribution is 7.92. The second kappa shape index (κ2) is 9.87. The minimum absolute atomic E-state index is 0.00990. The van der Waals surface area contributed by atoms with Gasteiger partial charge in [0.2, 0.25) is 0 Å². The Kier molecular flexibility index (Phi) is 6.71. The number of aliphatic hydroxyl groups is 1. The Morgan fingerprint density at radius 1 is 0.771 bits per heavy atom. The molecule has 0 spiro atoms. The Morgan fingerprint density at radius 3 is 1.94 bits per heavy atom. The molecule has 6 nitrogen and oxygen atoms in total. The summed E-state index contributed by atoms with van der Waals surface area (Å²) in [5, 5.41) is 21.8. The maximum Gasteiger partial charge on any atom is 0.261 e. The van der Waals surface area contributed by atoms with Crippen molar-refractivity contribution >= 4 is 32.8 Å². The number of hydrogen-bond donors (Lipinski definition) is 3. The number of phenolic OH excluding ortho intramolecular Hbond substituents is 1. The third kappa shape index (κ3) is 5.26. The van der Waals surface area contributed by atoms with E-state index in [-0.39, 0.29) is 33.2 Å². The lowest BCUT2D eigenvalue weighted by Crippen LogP contribution is -2.13. The van der Waals surface area contributed by atoms with Gasteiger partial charge in [0.05, 0.1) is 10.5 Å². The number of aryl methyl sites for hydroxylation is 1. The zero-order valence-electron chi connectivity index (χ0n) is 18.8. The molecule has 0 fully saturated rings. The summed E-state index contributed by atoms with van der Waals surface area (Å²) < 4.78 is 28.3. The number of anilines is 1. The SMILES string of the molecule is Cc1ccc(S(=O)(=O)Nc2ccc(O)c(/C(C(=O)c3ccccc3)=C(/O)c3ccccc3)c2)cc1. The van der Waals surface area contributed by atoms with E-state index in [4.69, 9.17) is 0 Å². The minimum atomic E-state index is -3.93. The molecule has 4 aromatic carbocycles. The van der Waals surface area contributed by atoms with E-state index in [9.17, 15) is 23.4 Å². The topological polar surface area (TPSA) is 104 Å². The smallest absolute Gasteiger partial charge is 0.261 e. The zero-order chi connectivity index (χ0) is 25.0. The molecule has 0 saturated carbocycles. The number of aliphatic hydroxyl groups excluding tert-OH is 1. The van der Waals surface area contributed by atoms with Crippen molar-refractivity contribution < 1.29 is 23.4 Å². The molecule has 3 N–H and O–H groups in total. The van der Waals surface area contributed by atoms with Crippen LogP contribution < -0.4 is 4.72 Å². The van der Waals surface area contributed by atoms with Crippen LogP contribution in [0, 0.1) is 6.92 Å². The van der Waals surface area contributed by atoms with E-state index in [0.29, 0.717) is 11.1 Å². The third-order valence-electron chi connectivity index (χ3n) is 5.40. The molecule has 0 bridgehead atoms. The van der Waals surface area contributed by atoms with E-state index in [1.807, 2.05) is 6.92 Å². The Balaban J connectivity index is 1.83. The summed E-state index contributed by atoms with van der Waals surface area (Å²) >= 11 is 0. The molecule has 0 aliphatic carbocycles. The highest BCUT2D eigenvalue weighted by Crippen LogP contribution is 2.35. The summed E-state index contributed by atoms with van der Waals surface area (Å²) in [6, 6.07) is 27.1. The third-order valence-corrected chi connectivity index (χ3v) is 6.79. The second-order valence-electron chi connectivity index (χ2n) is 7.94. The molecule has 0 unspecified atom stereocenters. The predicted molar refractivity (Wildman–Crippen MR) is 137 cm³/mol. The molecule has 0 amide bonds. The summed E-state index contributed by atoms with van der Waals surface area (Å²) in [6.45, 7) is 1.85. The van der Waals surface area contributed by atoms with Crippen LogP contribution in [-0.2, 0) is 10.0 Å². The number of ketones is 1. The average molecular weight is 486 g/mol. The molecule has 0 saturated heterocycles. The largest absolute Gasteiger partial charge is 0.507 e. The standard InChI is InChI=1S/C28H23NO5S/c1-19-12-15-23(16-13-19)35(33,34)29-22-14-17-25(30)24(18-22)26(27(31)20-8-4-2-5-9-20)28(32)21-10-6-3-7-11-21/h2-18,29-31H,1H3/b27-26-. The van der Waals surface area contributed by atoms with Gasteiger partial charge in [-0.1, -0.05) is 78.4 Å². The number of aromatic hydroxyl groups is 1. The van der Waals surface area contributed by atoms with Crippen molar-refractivity contribution in [3.63, 3.8) is 0 Å². The van der Waals surface area contributed by atoms with E-state index in [1.54, 1.807) is 72.8 Å². The highest BCUT2D eigenvalue weighted by Gasteiger charge is 2.24. The molecule has 4 rings (SSSR count). The summed E-state index contributed by atoms with van der Waals surface area (Å²) in [5.74, 6) is -1.15. The van der Waals surface area contributed by atoms with Crippen LogP contribution in [0.2, 0.25) is 0 Å². The lowest BCUT2D eigenvalue weighted by atomic mass is 9.92. The molecule has 0 atom stereocenters. The van der Waals surface area contributed by atoms with Gasteiger partial charge in [-0.3, -0.25) is 9.52 Å². The summed E-state index contributed by atoms with van der Waals surface area (Å²) in [4.78, 5) is 13.6. The number of carbonyl (C=O) groups excluding carboxylic acids is 1. The second-order valence-corrected chi connectivity index (χ2v) is 9.62. The van der Waals surface area contributed by atoms with Gasteiger partial charge in [-0.2, -0.15) is 0 Å². The molecular weight excluding hydrogens is 462 g/mol. The van der Waals surface area contributed by atoms with Gasteiger partial charge in [-0.05, 0) is 37.3 Å². The highest BCUT2D eigenvalue weighted by atomic mass is 32.2. The molecule has 0 radical (unpaired) electrons. The first kappa shape index (κ1) is 23.8. The number of rotatable bonds is 7. The number of Topliss-reactive ketones (excluding diaryl/α,β-unsaturated/α-hetero) is 1. The van der Waals surface area contributed by atoms with Crippen molar-refractivity contribution in [3.05, 3.63) is 125 Å². The monoisotopic (exact) mass is 485 g/mol. The molecule has 7 heteroatoms. The predicted octanol–water partition coefficient (Wildman–Crippen LogP) is 5.81. The van der Waals surface area contributed by atoms with Crippen molar-refractivity contribution in [1.82, 2.24) is 0 Å². The normalized spacial score (nSPS) is 12.0. The molecular formula is C28H23NO5S. The van der Waals surface area contributed by atoms with Gasteiger partial charge in [0, 0.05) is 22.4 Å². The first-order valence-corrected chi connectivity index (χ1v) is 12.3. The van der Waals surface area contributed by atoms with Crippen LogP contribution in [0.5, 0.6) is 5.75 Å². The summed E-state index contributed by atoms with van der Waals surface area (Å²) in [5.41, 5.74) is 1.55. The molecule has 0 aliphatic heterocycles. The maximum atomic E-state index is 13.5. The van der Waals surface area contributed by atoms with E-state index < -0.39 is 15.8 Å². The fourth-order valence-corrected chi connectivity index (χ4v) is 4.61. The summed E-state index contributed by atoms with van der Waals surface area (Å²) in [6.07, 6.45) is 0. The molecule has 0 aromatic heterocycles. The molecule has 35 heavy (non-hydrogen) atoms. The van der Waals surface area contributed by atoms with Crippen LogP contribution in [0.4, 0.5) is 5.69 Å².